The van der Waals surface area contributed by atoms with Crippen LogP contribution in [-0.2, 0) is 13.0 Å². The zero-order chi connectivity index (χ0) is 12.5. The summed E-state index contributed by atoms with van der Waals surface area (Å²) in [6.07, 6.45) is 2.34. The molecule has 0 aromatic carbocycles. The summed E-state index contributed by atoms with van der Waals surface area (Å²) < 4.78 is 0. The van der Waals surface area contributed by atoms with Crippen LogP contribution in [0.4, 0.5) is 5.82 Å². The monoisotopic (exact) mass is 261 g/mol. The lowest BCUT2D eigenvalue weighted by atomic mass is 10.1. The van der Waals surface area contributed by atoms with E-state index in [4.69, 9.17) is 5.11 Å². The van der Waals surface area contributed by atoms with Gasteiger partial charge in [0.1, 0.15) is 5.56 Å². The van der Waals surface area contributed by atoms with Gasteiger partial charge in [0.05, 0.1) is 6.20 Å². The van der Waals surface area contributed by atoms with Crippen molar-refractivity contribution < 1.29 is 9.90 Å². The van der Waals surface area contributed by atoms with Gasteiger partial charge in [-0.2, -0.15) is 5.10 Å². The first-order chi connectivity index (χ1) is 8.75. The molecule has 0 amide bonds. The average Bonchev–Trinajstić information content (AvgIpc) is 2.85. The van der Waals surface area contributed by atoms with Crippen molar-refractivity contribution in [1.29, 1.82) is 0 Å². The number of thiophene rings is 1. The Labute approximate surface area is 108 Å². The third-order valence-corrected chi connectivity index (χ3v) is 4.06. The molecule has 0 saturated heterocycles. The minimum Gasteiger partial charge on any atom is -0.478 e. The lowest BCUT2D eigenvalue weighted by molar-refractivity contribution is 0.0697. The van der Waals surface area contributed by atoms with Gasteiger partial charge in [-0.25, -0.2) is 4.79 Å². The number of carboxylic acids is 1. The van der Waals surface area contributed by atoms with E-state index in [2.05, 4.69) is 21.6 Å². The number of anilines is 1. The van der Waals surface area contributed by atoms with Gasteiger partial charge in [-0.3, -0.25) is 0 Å². The molecule has 2 aromatic rings. The summed E-state index contributed by atoms with van der Waals surface area (Å²) >= 11 is 1.75. The van der Waals surface area contributed by atoms with Crippen LogP contribution < -0.4 is 4.90 Å². The van der Waals surface area contributed by atoms with Crippen LogP contribution in [0, 0.1) is 0 Å². The molecule has 0 saturated carbocycles. The summed E-state index contributed by atoms with van der Waals surface area (Å²) in [7, 11) is 0. The minimum absolute atomic E-state index is 0.212. The highest BCUT2D eigenvalue weighted by molar-refractivity contribution is 7.10. The Morgan fingerprint density at radius 2 is 2.33 bits per heavy atom. The van der Waals surface area contributed by atoms with Crippen LogP contribution in [0.15, 0.2) is 23.7 Å². The Balaban J connectivity index is 1.95. The summed E-state index contributed by atoms with van der Waals surface area (Å²) in [5.74, 6) is -0.502. The zero-order valence-corrected chi connectivity index (χ0v) is 10.4. The molecule has 1 N–H and O–H groups in total. The van der Waals surface area contributed by atoms with Crippen molar-refractivity contribution in [2.75, 3.05) is 11.4 Å². The first kappa shape index (κ1) is 11.2. The molecule has 3 rings (SSSR count). The van der Waals surface area contributed by atoms with Crippen molar-refractivity contribution >= 4 is 23.1 Å². The van der Waals surface area contributed by atoms with Crippen LogP contribution in [0.25, 0.3) is 0 Å². The average molecular weight is 261 g/mol. The van der Waals surface area contributed by atoms with Gasteiger partial charge in [0, 0.05) is 18.0 Å². The summed E-state index contributed by atoms with van der Waals surface area (Å²) in [4.78, 5) is 14.5. The largest absolute Gasteiger partial charge is 0.478 e. The van der Waals surface area contributed by atoms with Gasteiger partial charge in [0.15, 0.2) is 5.82 Å². The number of aromatic carboxylic acids is 1. The third-order valence-electron chi connectivity index (χ3n) is 3.04. The molecular weight excluding hydrogens is 250 g/mol. The van der Waals surface area contributed by atoms with Crippen molar-refractivity contribution in [1.82, 2.24) is 10.2 Å². The summed E-state index contributed by atoms with van der Waals surface area (Å²) in [5, 5.41) is 19.0. The number of aromatic nitrogens is 2. The van der Waals surface area contributed by atoms with Gasteiger partial charge < -0.3 is 10.0 Å². The molecule has 18 heavy (non-hydrogen) atoms. The molecule has 1 aliphatic heterocycles. The topological polar surface area (TPSA) is 66.3 Å². The highest BCUT2D eigenvalue weighted by Gasteiger charge is 2.22. The molecule has 0 unspecified atom stereocenters. The van der Waals surface area contributed by atoms with Crippen LogP contribution in [0.2, 0.25) is 0 Å². The molecule has 0 aliphatic carbocycles. The lowest BCUT2D eigenvalue weighted by Gasteiger charge is -2.28. The van der Waals surface area contributed by atoms with Gasteiger partial charge in [-0.15, -0.1) is 16.4 Å². The Bertz CT molecular complexity index is 597. The molecule has 2 aromatic heterocycles. The van der Waals surface area contributed by atoms with Crippen LogP contribution >= 0.6 is 11.3 Å². The number of carbonyl (C=O) groups is 1. The van der Waals surface area contributed by atoms with Gasteiger partial charge in [0.2, 0.25) is 0 Å². The van der Waals surface area contributed by atoms with Crippen molar-refractivity contribution in [3.8, 4) is 0 Å². The molecule has 0 bridgehead atoms. The van der Waals surface area contributed by atoms with E-state index >= 15 is 0 Å². The van der Waals surface area contributed by atoms with Gasteiger partial charge in [0.25, 0.3) is 0 Å². The molecule has 92 valence electrons. The van der Waals surface area contributed by atoms with E-state index in [1.54, 1.807) is 11.3 Å². The molecule has 5 nitrogen and oxygen atoms in total. The Morgan fingerprint density at radius 3 is 3.17 bits per heavy atom. The maximum absolute atomic E-state index is 11.2. The fourth-order valence-corrected chi connectivity index (χ4v) is 3.04. The molecule has 3 heterocycles. The van der Waals surface area contributed by atoms with Crippen LogP contribution in [0.3, 0.4) is 0 Å². The van der Waals surface area contributed by atoms with Crippen LogP contribution in [-0.4, -0.2) is 27.8 Å². The quantitative estimate of drug-likeness (QED) is 0.893. The number of fused-ring (bicyclic) bond motifs is 1. The van der Waals surface area contributed by atoms with Crippen molar-refractivity contribution in [2.45, 2.75) is 13.0 Å². The van der Waals surface area contributed by atoms with E-state index in [9.17, 15) is 4.79 Å². The number of nitrogens with zero attached hydrogens (tertiary/aromatic N) is 3. The SMILES string of the molecule is O=C(O)c1ccnnc1N1CCc2sccc2C1. The summed E-state index contributed by atoms with van der Waals surface area (Å²) in [6.45, 7) is 1.49. The molecule has 0 atom stereocenters. The standard InChI is InChI=1S/C12H11N3O2S/c16-12(17)9-1-4-13-14-11(9)15-5-2-10-8(7-15)3-6-18-10/h1,3-4,6H,2,5,7H2,(H,16,17). The van der Waals surface area contributed by atoms with E-state index in [1.165, 1.54) is 22.7 Å². The zero-order valence-electron chi connectivity index (χ0n) is 9.54. The van der Waals surface area contributed by atoms with Crippen LogP contribution in [0.5, 0.6) is 0 Å². The molecule has 0 fully saturated rings. The van der Waals surface area contributed by atoms with E-state index < -0.39 is 5.97 Å². The van der Waals surface area contributed by atoms with Gasteiger partial charge in [-0.05, 0) is 29.5 Å². The Kier molecular flexibility index (Phi) is 2.71. The van der Waals surface area contributed by atoms with Gasteiger partial charge in [-0.1, -0.05) is 0 Å². The van der Waals surface area contributed by atoms with E-state index in [0.29, 0.717) is 12.4 Å². The number of rotatable bonds is 2. The molecule has 1 aliphatic rings. The van der Waals surface area contributed by atoms with Crippen molar-refractivity contribution in [2.24, 2.45) is 0 Å². The maximum Gasteiger partial charge on any atom is 0.339 e. The summed E-state index contributed by atoms with van der Waals surface area (Å²) in [5.41, 5.74) is 1.47. The summed E-state index contributed by atoms with van der Waals surface area (Å²) in [6, 6.07) is 3.58. The minimum atomic E-state index is -0.962. The molecular formula is C12H11N3O2S. The second-order valence-electron chi connectivity index (χ2n) is 4.11. The first-order valence-electron chi connectivity index (χ1n) is 5.61. The predicted molar refractivity (Wildman–Crippen MR) is 68.1 cm³/mol. The van der Waals surface area contributed by atoms with E-state index in [0.717, 1.165) is 13.0 Å². The third kappa shape index (κ3) is 1.84. The lowest BCUT2D eigenvalue weighted by Crippen LogP contribution is -2.31. The number of hydrogen-bond acceptors (Lipinski definition) is 5. The number of carboxylic acid groups (broad SMARTS) is 1. The highest BCUT2D eigenvalue weighted by atomic mass is 32.1. The molecule has 0 radical (unpaired) electrons. The normalized spacial score (nSPS) is 14.3. The van der Waals surface area contributed by atoms with E-state index in [-0.39, 0.29) is 5.56 Å². The van der Waals surface area contributed by atoms with E-state index in [1.807, 2.05) is 4.90 Å². The molecule has 6 heteroatoms. The maximum atomic E-state index is 11.2. The Hall–Kier alpha value is -1.95. The fraction of sp³-hybridized carbons (Fsp3) is 0.250. The van der Waals surface area contributed by atoms with Crippen molar-refractivity contribution in [3.05, 3.63) is 39.7 Å². The predicted octanol–water partition coefficient (Wildman–Crippen LogP) is 1.80. The fourth-order valence-electron chi connectivity index (χ4n) is 2.15. The number of hydrogen-bond donors (Lipinski definition) is 1. The Morgan fingerprint density at radius 1 is 1.44 bits per heavy atom. The second-order valence-corrected chi connectivity index (χ2v) is 5.11. The highest BCUT2D eigenvalue weighted by Crippen LogP contribution is 2.28. The first-order valence-corrected chi connectivity index (χ1v) is 6.49. The van der Waals surface area contributed by atoms with Crippen LogP contribution in [0.1, 0.15) is 20.8 Å². The second kappa shape index (κ2) is 4.38. The smallest absolute Gasteiger partial charge is 0.339 e. The van der Waals surface area contributed by atoms with Gasteiger partial charge >= 0.3 is 5.97 Å². The van der Waals surface area contributed by atoms with Crippen molar-refractivity contribution in [3.63, 3.8) is 0 Å². The molecule has 0 spiro atoms.